The summed E-state index contributed by atoms with van der Waals surface area (Å²) in [4.78, 5) is 2.22. The van der Waals surface area contributed by atoms with Gasteiger partial charge in [-0.25, -0.2) is 0 Å². The number of methoxy groups -OCH3 is 1. The third-order valence-electron chi connectivity index (χ3n) is 3.39. The van der Waals surface area contributed by atoms with Crippen molar-refractivity contribution in [3.05, 3.63) is 71.6 Å². The number of para-hydroxylation sites is 1. The summed E-state index contributed by atoms with van der Waals surface area (Å²) in [6, 6.07) is 21.8. The Morgan fingerprint density at radius 1 is 1.04 bits per heavy atom. The third-order valence-corrected chi connectivity index (χ3v) is 4.65. The van der Waals surface area contributed by atoms with Gasteiger partial charge in [-0.15, -0.1) is 11.3 Å². The van der Waals surface area contributed by atoms with E-state index < -0.39 is 0 Å². The Morgan fingerprint density at radius 3 is 2.52 bits per heavy atom. The first-order valence-electron chi connectivity index (χ1n) is 7.64. The molecule has 4 nitrogen and oxygen atoms in total. The topological polar surface area (TPSA) is 45.6 Å². The fraction of sp³-hybridized carbons (Fsp3) is 0.0526. The van der Waals surface area contributed by atoms with Crippen LogP contribution in [0.4, 0.5) is 5.69 Å². The largest absolute Gasteiger partial charge is 0.497 e. The van der Waals surface area contributed by atoms with Crippen LogP contribution in [0.2, 0.25) is 0 Å². The Balaban J connectivity index is 1.57. The van der Waals surface area contributed by atoms with Crippen molar-refractivity contribution in [3.63, 3.8) is 0 Å². The zero-order valence-electron chi connectivity index (χ0n) is 13.6. The Kier molecular flexibility index (Phi) is 5.77. The van der Waals surface area contributed by atoms with Crippen LogP contribution in [0.5, 0.6) is 5.75 Å². The van der Waals surface area contributed by atoms with E-state index in [1.807, 2.05) is 60.7 Å². The Morgan fingerprint density at radius 2 is 1.80 bits per heavy atom. The summed E-state index contributed by atoms with van der Waals surface area (Å²) < 4.78 is 5.18. The van der Waals surface area contributed by atoms with Crippen molar-refractivity contribution in [2.75, 3.05) is 12.4 Å². The molecule has 6 heteroatoms. The molecular formula is C19H17N3OS2. The van der Waals surface area contributed by atoms with Gasteiger partial charge in [0.1, 0.15) is 5.75 Å². The molecule has 2 N–H and O–H groups in total. The van der Waals surface area contributed by atoms with Gasteiger partial charge in [-0.2, -0.15) is 5.10 Å². The molecule has 0 aliphatic carbocycles. The summed E-state index contributed by atoms with van der Waals surface area (Å²) in [5.74, 6) is 0.853. The molecule has 126 valence electrons. The van der Waals surface area contributed by atoms with E-state index in [-0.39, 0.29) is 0 Å². The molecule has 0 unspecified atom stereocenters. The highest BCUT2D eigenvalue weighted by Gasteiger charge is 2.02. The van der Waals surface area contributed by atoms with Gasteiger partial charge in [-0.1, -0.05) is 18.2 Å². The molecule has 2 aromatic carbocycles. The van der Waals surface area contributed by atoms with Gasteiger partial charge in [0, 0.05) is 15.4 Å². The predicted octanol–water partition coefficient (Wildman–Crippen LogP) is 4.74. The summed E-state index contributed by atoms with van der Waals surface area (Å²) in [6.07, 6.45) is 1.76. The van der Waals surface area contributed by atoms with Crippen molar-refractivity contribution >= 4 is 40.6 Å². The van der Waals surface area contributed by atoms with Crippen molar-refractivity contribution in [2.45, 2.75) is 0 Å². The standard InChI is InChI=1S/C19H17N3OS2/c1-23-16-9-7-14(8-10-16)18-12-11-17(25-18)13-20-22-19(24)21-15-5-3-2-4-6-15/h2-13H,1H3,(H2,21,22,24)/b20-13+. The van der Waals surface area contributed by atoms with Crippen LogP contribution in [0.15, 0.2) is 71.8 Å². The summed E-state index contributed by atoms with van der Waals surface area (Å²) in [5, 5.41) is 7.71. The van der Waals surface area contributed by atoms with Gasteiger partial charge in [0.15, 0.2) is 5.11 Å². The maximum Gasteiger partial charge on any atom is 0.191 e. The number of nitrogens with zero attached hydrogens (tertiary/aromatic N) is 1. The third kappa shape index (κ3) is 4.89. The average molecular weight is 367 g/mol. The molecule has 0 bridgehead atoms. The molecule has 0 radical (unpaired) electrons. The molecule has 0 spiro atoms. The summed E-state index contributed by atoms with van der Waals surface area (Å²) >= 11 is 6.87. The van der Waals surface area contributed by atoms with Gasteiger partial charge in [0.05, 0.1) is 13.3 Å². The van der Waals surface area contributed by atoms with Gasteiger partial charge >= 0.3 is 0 Å². The van der Waals surface area contributed by atoms with Crippen LogP contribution in [-0.4, -0.2) is 18.4 Å². The molecule has 0 saturated heterocycles. The minimum absolute atomic E-state index is 0.453. The number of thiocarbonyl (C=S) groups is 1. The van der Waals surface area contributed by atoms with Crippen LogP contribution >= 0.6 is 23.6 Å². The van der Waals surface area contributed by atoms with E-state index in [2.05, 4.69) is 21.9 Å². The maximum absolute atomic E-state index is 5.21. The highest BCUT2D eigenvalue weighted by Crippen LogP contribution is 2.28. The second kappa shape index (κ2) is 8.41. The van der Waals surface area contributed by atoms with E-state index in [0.29, 0.717) is 5.11 Å². The van der Waals surface area contributed by atoms with Crippen molar-refractivity contribution in [1.29, 1.82) is 0 Å². The fourth-order valence-corrected chi connectivity index (χ4v) is 3.22. The number of rotatable bonds is 5. The first-order valence-corrected chi connectivity index (χ1v) is 8.86. The molecule has 0 fully saturated rings. The van der Waals surface area contributed by atoms with Gasteiger partial charge in [-0.3, -0.25) is 5.43 Å². The first kappa shape index (κ1) is 17.1. The predicted molar refractivity (Wildman–Crippen MR) is 110 cm³/mol. The minimum atomic E-state index is 0.453. The number of hydrazone groups is 1. The molecule has 3 aromatic rings. The number of anilines is 1. The molecule has 0 atom stereocenters. The SMILES string of the molecule is COc1ccc(-c2ccc(/C=N/NC(=S)Nc3ccccc3)s2)cc1. The van der Waals surface area contributed by atoms with Crippen LogP contribution < -0.4 is 15.5 Å². The molecule has 0 aliphatic rings. The van der Waals surface area contributed by atoms with Crippen LogP contribution in [0.3, 0.4) is 0 Å². The van der Waals surface area contributed by atoms with Gasteiger partial charge in [-0.05, 0) is 66.3 Å². The molecule has 3 rings (SSSR count). The van der Waals surface area contributed by atoms with Crippen LogP contribution in [0.1, 0.15) is 4.88 Å². The number of benzene rings is 2. The van der Waals surface area contributed by atoms with E-state index >= 15 is 0 Å². The molecule has 0 amide bonds. The summed E-state index contributed by atoms with van der Waals surface area (Å²) in [7, 11) is 1.67. The molecule has 1 aromatic heterocycles. The van der Waals surface area contributed by atoms with E-state index in [1.165, 1.54) is 4.88 Å². The highest BCUT2D eigenvalue weighted by atomic mass is 32.1. The average Bonchev–Trinajstić information content (AvgIpc) is 3.11. The number of hydrogen-bond acceptors (Lipinski definition) is 4. The fourth-order valence-electron chi connectivity index (χ4n) is 2.17. The Bertz CT molecular complexity index is 858. The lowest BCUT2D eigenvalue weighted by Gasteiger charge is -2.05. The van der Waals surface area contributed by atoms with Crippen molar-refractivity contribution in [1.82, 2.24) is 5.43 Å². The van der Waals surface area contributed by atoms with E-state index in [0.717, 1.165) is 21.9 Å². The minimum Gasteiger partial charge on any atom is -0.497 e. The molecule has 25 heavy (non-hydrogen) atoms. The van der Waals surface area contributed by atoms with Crippen molar-refractivity contribution in [3.8, 4) is 16.2 Å². The van der Waals surface area contributed by atoms with E-state index in [4.69, 9.17) is 17.0 Å². The lowest BCUT2D eigenvalue weighted by Crippen LogP contribution is -2.23. The number of hydrogen-bond donors (Lipinski definition) is 2. The molecule has 0 aliphatic heterocycles. The number of thiophene rings is 1. The monoisotopic (exact) mass is 367 g/mol. The first-order chi connectivity index (χ1) is 12.2. The quantitative estimate of drug-likeness (QED) is 0.388. The zero-order valence-corrected chi connectivity index (χ0v) is 15.2. The molecule has 1 heterocycles. The van der Waals surface area contributed by atoms with Crippen LogP contribution in [0, 0.1) is 0 Å². The Hall–Kier alpha value is -2.70. The highest BCUT2D eigenvalue weighted by molar-refractivity contribution is 7.80. The second-order valence-corrected chi connectivity index (χ2v) is 6.64. The van der Waals surface area contributed by atoms with Crippen molar-refractivity contribution < 1.29 is 4.74 Å². The van der Waals surface area contributed by atoms with Gasteiger partial charge in [0.2, 0.25) is 0 Å². The van der Waals surface area contributed by atoms with E-state index in [9.17, 15) is 0 Å². The van der Waals surface area contributed by atoms with Crippen LogP contribution in [-0.2, 0) is 0 Å². The maximum atomic E-state index is 5.21. The number of nitrogens with one attached hydrogen (secondary N) is 2. The van der Waals surface area contributed by atoms with Crippen LogP contribution in [0.25, 0.3) is 10.4 Å². The smallest absolute Gasteiger partial charge is 0.191 e. The lowest BCUT2D eigenvalue weighted by molar-refractivity contribution is 0.415. The summed E-state index contributed by atoms with van der Waals surface area (Å²) in [5.41, 5.74) is 4.90. The Labute approximate surface area is 156 Å². The summed E-state index contributed by atoms with van der Waals surface area (Å²) in [6.45, 7) is 0. The zero-order chi connectivity index (χ0) is 17.5. The molecular weight excluding hydrogens is 350 g/mol. The van der Waals surface area contributed by atoms with Gasteiger partial charge in [0.25, 0.3) is 0 Å². The number of ether oxygens (including phenoxy) is 1. The van der Waals surface area contributed by atoms with E-state index in [1.54, 1.807) is 24.7 Å². The lowest BCUT2D eigenvalue weighted by atomic mass is 10.2. The second-order valence-electron chi connectivity index (χ2n) is 5.12. The van der Waals surface area contributed by atoms with Crippen molar-refractivity contribution in [2.24, 2.45) is 5.10 Å². The normalized spacial score (nSPS) is 10.6. The van der Waals surface area contributed by atoms with Gasteiger partial charge < -0.3 is 10.1 Å². The molecule has 0 saturated carbocycles.